The van der Waals surface area contributed by atoms with Crippen LogP contribution in [-0.4, -0.2) is 18.8 Å². The second-order valence-electron chi connectivity index (χ2n) is 3.55. The van der Waals surface area contributed by atoms with Crippen molar-refractivity contribution in [2.75, 3.05) is 11.4 Å². The number of benzene rings is 1. The van der Waals surface area contributed by atoms with Gasteiger partial charge in [0.25, 0.3) is 5.91 Å². The molecule has 0 unspecified atom stereocenters. The predicted octanol–water partition coefficient (Wildman–Crippen LogP) is 1.67. The van der Waals surface area contributed by atoms with Gasteiger partial charge in [-0.15, -0.1) is 0 Å². The summed E-state index contributed by atoms with van der Waals surface area (Å²) in [5.41, 5.74) is 5.40. The van der Waals surface area contributed by atoms with Crippen LogP contribution in [0.3, 0.4) is 0 Å². The van der Waals surface area contributed by atoms with E-state index in [-0.39, 0.29) is 29.1 Å². The average molecular weight is 230 g/mol. The van der Waals surface area contributed by atoms with Crippen LogP contribution in [0.25, 0.3) is 0 Å². The highest BCUT2D eigenvalue weighted by molar-refractivity contribution is 6.00. The van der Waals surface area contributed by atoms with E-state index in [0.29, 0.717) is 5.56 Å². The van der Waals surface area contributed by atoms with Crippen molar-refractivity contribution < 1.29 is 18.0 Å². The molecule has 86 valence electrons. The maximum absolute atomic E-state index is 12.7. The van der Waals surface area contributed by atoms with Crippen LogP contribution in [-0.2, 0) is 6.42 Å². The van der Waals surface area contributed by atoms with Gasteiger partial charge in [-0.3, -0.25) is 9.69 Å². The molecule has 1 aromatic rings. The highest BCUT2D eigenvalue weighted by Gasteiger charge is 2.42. The number of fused-ring (bicyclic) bond motifs is 1. The van der Waals surface area contributed by atoms with Gasteiger partial charge in [0.15, 0.2) is 0 Å². The van der Waals surface area contributed by atoms with Crippen molar-refractivity contribution >= 4 is 11.6 Å². The number of amides is 1. The predicted molar refractivity (Wildman–Crippen MR) is 52.1 cm³/mol. The first-order valence-electron chi connectivity index (χ1n) is 4.67. The quantitative estimate of drug-likeness (QED) is 0.746. The zero-order valence-electron chi connectivity index (χ0n) is 8.21. The molecule has 0 radical (unpaired) electrons. The van der Waals surface area contributed by atoms with E-state index in [1.165, 1.54) is 6.07 Å². The number of primary amides is 1. The molecule has 0 saturated carbocycles. The fraction of sp³-hybridized carbons (Fsp3) is 0.300. The summed E-state index contributed by atoms with van der Waals surface area (Å²) >= 11 is 0. The number of alkyl halides is 3. The third-order valence-electron chi connectivity index (χ3n) is 2.57. The van der Waals surface area contributed by atoms with Gasteiger partial charge in [0.05, 0.1) is 11.3 Å². The maximum atomic E-state index is 12.7. The van der Waals surface area contributed by atoms with Crippen molar-refractivity contribution in [1.29, 1.82) is 0 Å². The Labute approximate surface area is 89.6 Å². The lowest BCUT2D eigenvalue weighted by atomic mass is 10.1. The number of halogens is 3. The lowest BCUT2D eigenvalue weighted by Gasteiger charge is -2.23. The normalized spacial score (nSPS) is 15.1. The summed E-state index contributed by atoms with van der Waals surface area (Å²) in [6, 6.07) is 4.43. The van der Waals surface area contributed by atoms with E-state index in [9.17, 15) is 18.0 Å². The average Bonchev–Trinajstić information content (AvgIpc) is 2.59. The molecule has 0 spiro atoms. The third-order valence-corrected chi connectivity index (χ3v) is 2.57. The van der Waals surface area contributed by atoms with Gasteiger partial charge in [-0.1, -0.05) is 12.1 Å². The molecule has 0 atom stereocenters. The number of carbonyl (C=O) groups excluding carboxylic acids is 1. The van der Waals surface area contributed by atoms with Crippen molar-refractivity contribution in [3.8, 4) is 0 Å². The molecule has 16 heavy (non-hydrogen) atoms. The lowest BCUT2D eigenvalue weighted by molar-refractivity contribution is -0.127. The number of anilines is 1. The number of nitrogens with zero attached hydrogens (tertiary/aromatic N) is 1. The summed E-state index contributed by atoms with van der Waals surface area (Å²) in [4.78, 5) is 11.3. The Kier molecular flexibility index (Phi) is 2.29. The molecule has 0 aliphatic carbocycles. The fourth-order valence-corrected chi connectivity index (χ4v) is 1.91. The molecule has 0 fully saturated rings. The van der Waals surface area contributed by atoms with Crippen molar-refractivity contribution in [2.24, 2.45) is 5.73 Å². The molecule has 2 N–H and O–H groups in total. The Morgan fingerprint density at radius 1 is 1.38 bits per heavy atom. The van der Waals surface area contributed by atoms with Crippen LogP contribution in [0.5, 0.6) is 0 Å². The van der Waals surface area contributed by atoms with E-state index < -0.39 is 12.2 Å². The molecule has 1 aliphatic rings. The van der Waals surface area contributed by atoms with Crippen LogP contribution in [0.2, 0.25) is 0 Å². The smallest absolute Gasteiger partial charge is 0.366 e. The molecule has 0 bridgehead atoms. The largest absolute Gasteiger partial charge is 0.484 e. The zero-order chi connectivity index (χ0) is 11.9. The Bertz CT molecular complexity index is 442. The van der Waals surface area contributed by atoms with Gasteiger partial charge in [-0.25, -0.2) is 0 Å². The van der Waals surface area contributed by atoms with Gasteiger partial charge in [0, 0.05) is 6.54 Å². The van der Waals surface area contributed by atoms with Crippen molar-refractivity contribution in [2.45, 2.75) is 12.7 Å². The summed E-state index contributed by atoms with van der Waals surface area (Å²) < 4.78 is 38.0. The molecule has 3 nitrogen and oxygen atoms in total. The summed E-state index contributed by atoms with van der Waals surface area (Å²) in [6.45, 7) is -0.164. The Balaban J connectivity index is 2.56. The molecule has 1 aliphatic heterocycles. The minimum Gasteiger partial charge on any atom is -0.366 e. The first-order valence-corrected chi connectivity index (χ1v) is 4.67. The van der Waals surface area contributed by atoms with Gasteiger partial charge in [-0.2, -0.15) is 13.2 Å². The van der Waals surface area contributed by atoms with Crippen molar-refractivity contribution in [3.05, 3.63) is 29.3 Å². The van der Waals surface area contributed by atoms with Gasteiger partial charge < -0.3 is 5.73 Å². The third kappa shape index (κ3) is 1.60. The summed E-state index contributed by atoms with van der Waals surface area (Å²) in [6.07, 6.45) is -4.20. The fourth-order valence-electron chi connectivity index (χ4n) is 1.91. The second-order valence-corrected chi connectivity index (χ2v) is 3.55. The molecule has 6 heteroatoms. The topological polar surface area (TPSA) is 46.3 Å². The van der Waals surface area contributed by atoms with Crippen LogP contribution in [0, 0.1) is 0 Å². The number of rotatable bonds is 1. The first kappa shape index (κ1) is 10.8. The number of para-hydroxylation sites is 1. The monoisotopic (exact) mass is 230 g/mol. The van der Waals surface area contributed by atoms with E-state index in [0.717, 1.165) is 0 Å². The number of nitrogens with two attached hydrogens (primary N) is 1. The summed E-state index contributed by atoms with van der Waals surface area (Å²) in [7, 11) is 0. The van der Waals surface area contributed by atoms with Crippen LogP contribution >= 0.6 is 0 Å². The lowest BCUT2D eigenvalue weighted by Crippen LogP contribution is -2.37. The second kappa shape index (κ2) is 3.40. The zero-order valence-corrected chi connectivity index (χ0v) is 8.21. The van der Waals surface area contributed by atoms with E-state index in [4.69, 9.17) is 5.73 Å². The van der Waals surface area contributed by atoms with Gasteiger partial charge in [0.2, 0.25) is 0 Å². The molecular weight excluding hydrogens is 221 g/mol. The molecule has 0 aromatic heterocycles. The molecule has 1 heterocycles. The van der Waals surface area contributed by atoms with E-state index in [1.807, 2.05) is 0 Å². The molecule has 0 saturated heterocycles. The first-order chi connectivity index (χ1) is 7.41. The summed E-state index contributed by atoms with van der Waals surface area (Å²) in [5, 5.41) is 0. The number of hydrogen-bond acceptors (Lipinski definition) is 2. The molecule has 1 aromatic carbocycles. The van der Waals surface area contributed by atoms with Crippen LogP contribution < -0.4 is 10.6 Å². The van der Waals surface area contributed by atoms with Crippen molar-refractivity contribution in [3.63, 3.8) is 0 Å². The standard InChI is InChI=1S/C10H9F3N2O/c11-10(12,13)15-5-4-6-2-1-3-7(8(6)15)9(14)16/h1-3H,4-5H2,(H2,14,16). The van der Waals surface area contributed by atoms with Crippen molar-refractivity contribution in [1.82, 2.24) is 0 Å². The Hall–Kier alpha value is -1.72. The SMILES string of the molecule is NC(=O)c1cccc2c1N(C(F)(F)F)CC2. The number of hydrogen-bond donors (Lipinski definition) is 1. The van der Waals surface area contributed by atoms with Crippen LogP contribution in [0.4, 0.5) is 18.9 Å². The summed E-state index contributed by atoms with van der Waals surface area (Å²) in [5.74, 6) is -0.840. The van der Waals surface area contributed by atoms with E-state index in [1.54, 1.807) is 12.1 Å². The van der Waals surface area contributed by atoms with E-state index >= 15 is 0 Å². The Morgan fingerprint density at radius 3 is 2.62 bits per heavy atom. The maximum Gasteiger partial charge on any atom is 0.484 e. The highest BCUT2D eigenvalue weighted by atomic mass is 19.4. The number of carbonyl (C=O) groups is 1. The minimum absolute atomic E-state index is 0.0766. The highest BCUT2D eigenvalue weighted by Crippen LogP contribution is 2.38. The molecule has 2 rings (SSSR count). The molecular formula is C10H9F3N2O. The Morgan fingerprint density at radius 2 is 2.06 bits per heavy atom. The molecule has 1 amide bonds. The van der Waals surface area contributed by atoms with Crippen LogP contribution in [0.15, 0.2) is 18.2 Å². The van der Waals surface area contributed by atoms with Crippen LogP contribution in [0.1, 0.15) is 15.9 Å². The minimum atomic E-state index is -4.48. The van der Waals surface area contributed by atoms with Gasteiger partial charge >= 0.3 is 6.30 Å². The van der Waals surface area contributed by atoms with Gasteiger partial charge in [-0.05, 0) is 18.1 Å². The van der Waals surface area contributed by atoms with E-state index in [2.05, 4.69) is 0 Å². The van der Waals surface area contributed by atoms with Gasteiger partial charge in [0.1, 0.15) is 0 Å².